The van der Waals surface area contributed by atoms with Gasteiger partial charge >= 0.3 is 0 Å². The molecule has 134 valence electrons. The number of fused-ring (bicyclic) bond motifs is 1. The van der Waals surface area contributed by atoms with Crippen LogP contribution in [-0.2, 0) is 0 Å². The predicted molar refractivity (Wildman–Crippen MR) is 107 cm³/mol. The van der Waals surface area contributed by atoms with Crippen molar-refractivity contribution in [1.82, 2.24) is 14.8 Å². The van der Waals surface area contributed by atoms with E-state index in [1.165, 1.54) is 0 Å². The Kier molecular flexibility index (Phi) is 4.29. The van der Waals surface area contributed by atoms with Crippen molar-refractivity contribution in [3.63, 3.8) is 0 Å². The van der Waals surface area contributed by atoms with Crippen molar-refractivity contribution in [2.24, 2.45) is 5.92 Å². The number of hydrogen-bond donors (Lipinski definition) is 0. The summed E-state index contributed by atoms with van der Waals surface area (Å²) in [4.78, 5) is 0. The van der Waals surface area contributed by atoms with E-state index >= 15 is 0 Å². The van der Waals surface area contributed by atoms with E-state index in [1.807, 2.05) is 42.9 Å². The Balaban J connectivity index is 1.80. The molecule has 0 unspecified atom stereocenters. The molecule has 0 saturated carbocycles. The molecule has 3 heterocycles. The Morgan fingerprint density at radius 1 is 1.04 bits per heavy atom. The van der Waals surface area contributed by atoms with Gasteiger partial charge in [0.05, 0.1) is 23.0 Å². The molecule has 3 aromatic heterocycles. The van der Waals surface area contributed by atoms with Crippen LogP contribution in [0.15, 0.2) is 53.3 Å². The summed E-state index contributed by atoms with van der Waals surface area (Å²) in [6.07, 6.45) is 3.86. The Morgan fingerprint density at radius 2 is 1.78 bits per heavy atom. The van der Waals surface area contributed by atoms with Crippen molar-refractivity contribution >= 4 is 5.52 Å². The largest absolute Gasteiger partial charge is 0.361 e. The number of aromatic nitrogens is 3. The van der Waals surface area contributed by atoms with Crippen molar-refractivity contribution in [1.29, 1.82) is 0 Å². The Morgan fingerprint density at radius 3 is 2.44 bits per heavy atom. The monoisotopic (exact) mass is 355 g/mol. The van der Waals surface area contributed by atoms with E-state index in [2.05, 4.69) is 60.2 Å². The van der Waals surface area contributed by atoms with Gasteiger partial charge in [0.15, 0.2) is 0 Å². The van der Waals surface area contributed by atoms with Crippen molar-refractivity contribution in [3.8, 4) is 34.1 Å². The molecule has 4 heteroatoms. The van der Waals surface area contributed by atoms with Crippen LogP contribution in [-0.4, -0.2) is 14.8 Å². The van der Waals surface area contributed by atoms with Crippen LogP contribution < -0.4 is 0 Å². The van der Waals surface area contributed by atoms with Crippen molar-refractivity contribution in [2.45, 2.75) is 27.7 Å². The maximum Gasteiger partial charge on any atom is 0.141 e. The normalized spacial score (nSPS) is 11.0. The molecule has 4 nitrogen and oxygen atoms in total. The van der Waals surface area contributed by atoms with E-state index in [0.29, 0.717) is 5.92 Å². The first-order valence-corrected chi connectivity index (χ1v) is 9.06. The molecule has 0 fully saturated rings. The van der Waals surface area contributed by atoms with Gasteiger partial charge < -0.3 is 4.52 Å². The Bertz CT molecular complexity index is 1150. The predicted octanol–water partition coefficient (Wildman–Crippen LogP) is 5.28. The molecular weight excluding hydrogens is 334 g/mol. The zero-order valence-corrected chi connectivity index (χ0v) is 15.9. The molecule has 0 N–H and O–H groups in total. The number of nitrogens with zero attached hydrogens (tertiary/aromatic N) is 3. The zero-order chi connectivity index (χ0) is 19.0. The fourth-order valence-electron chi connectivity index (χ4n) is 3.29. The van der Waals surface area contributed by atoms with Gasteiger partial charge in [-0.05, 0) is 37.1 Å². The first-order chi connectivity index (χ1) is 13.0. The van der Waals surface area contributed by atoms with Gasteiger partial charge in [-0.3, -0.25) is 0 Å². The first-order valence-electron chi connectivity index (χ1n) is 9.06. The zero-order valence-electron chi connectivity index (χ0n) is 15.9. The summed E-state index contributed by atoms with van der Waals surface area (Å²) < 4.78 is 7.18. The van der Waals surface area contributed by atoms with E-state index in [1.54, 1.807) is 0 Å². The molecule has 0 aliphatic heterocycles. The van der Waals surface area contributed by atoms with Gasteiger partial charge in [-0.1, -0.05) is 55.1 Å². The van der Waals surface area contributed by atoms with Gasteiger partial charge in [0.1, 0.15) is 5.76 Å². The molecule has 0 aliphatic rings. The highest BCUT2D eigenvalue weighted by atomic mass is 16.5. The number of benzene rings is 1. The number of pyridine rings is 1. The molecule has 0 aliphatic carbocycles. The Labute approximate surface area is 158 Å². The van der Waals surface area contributed by atoms with Crippen LogP contribution in [0.1, 0.15) is 30.9 Å². The highest BCUT2D eigenvalue weighted by Crippen LogP contribution is 2.31. The topological polar surface area (TPSA) is 43.3 Å². The lowest BCUT2D eigenvalue weighted by Crippen LogP contribution is -1.90. The molecular formula is C23H21N3O. The number of hydrogen-bond acceptors (Lipinski definition) is 3. The molecule has 0 spiro atoms. The van der Waals surface area contributed by atoms with E-state index in [0.717, 1.165) is 44.8 Å². The summed E-state index contributed by atoms with van der Waals surface area (Å²) in [6, 6.07) is 12.5. The fraction of sp³-hybridized carbons (Fsp3) is 0.217. The quantitative estimate of drug-likeness (QED) is 0.459. The van der Waals surface area contributed by atoms with Crippen molar-refractivity contribution in [2.75, 3.05) is 0 Å². The second-order valence-corrected chi connectivity index (χ2v) is 6.97. The third kappa shape index (κ3) is 3.13. The molecule has 4 rings (SSSR count). The lowest BCUT2D eigenvalue weighted by molar-refractivity contribution is 0.393. The van der Waals surface area contributed by atoms with E-state index in [4.69, 9.17) is 4.52 Å². The summed E-state index contributed by atoms with van der Waals surface area (Å²) in [7, 11) is 0. The maximum absolute atomic E-state index is 5.29. The molecule has 0 atom stereocenters. The maximum atomic E-state index is 5.29. The van der Waals surface area contributed by atoms with E-state index in [-0.39, 0.29) is 0 Å². The molecule has 0 bridgehead atoms. The van der Waals surface area contributed by atoms with Crippen LogP contribution in [0.25, 0.3) is 27.8 Å². The summed E-state index contributed by atoms with van der Waals surface area (Å²) in [5, 5.41) is 8.56. The molecule has 0 saturated heterocycles. The van der Waals surface area contributed by atoms with Crippen LogP contribution in [0.2, 0.25) is 0 Å². The van der Waals surface area contributed by atoms with E-state index < -0.39 is 0 Å². The lowest BCUT2D eigenvalue weighted by Gasteiger charge is -2.05. The van der Waals surface area contributed by atoms with Crippen LogP contribution in [0.4, 0.5) is 0 Å². The fourth-order valence-corrected chi connectivity index (χ4v) is 3.29. The minimum atomic E-state index is 0.325. The van der Waals surface area contributed by atoms with Gasteiger partial charge in [0.25, 0.3) is 0 Å². The van der Waals surface area contributed by atoms with Gasteiger partial charge in [0.2, 0.25) is 0 Å². The third-order valence-corrected chi connectivity index (χ3v) is 4.55. The molecule has 1 aromatic carbocycles. The Hall–Kier alpha value is -3.32. The van der Waals surface area contributed by atoms with E-state index in [9.17, 15) is 0 Å². The minimum Gasteiger partial charge on any atom is -0.361 e. The summed E-state index contributed by atoms with van der Waals surface area (Å²) in [6.45, 7) is 8.09. The second kappa shape index (κ2) is 6.77. The van der Waals surface area contributed by atoms with Crippen LogP contribution in [0.5, 0.6) is 0 Å². The smallest absolute Gasteiger partial charge is 0.141 e. The lowest BCUT2D eigenvalue weighted by atomic mass is 9.99. The van der Waals surface area contributed by atoms with Crippen molar-refractivity contribution in [3.05, 3.63) is 65.8 Å². The van der Waals surface area contributed by atoms with Gasteiger partial charge in [-0.2, -0.15) is 5.10 Å². The van der Waals surface area contributed by atoms with Gasteiger partial charge in [-0.15, -0.1) is 0 Å². The van der Waals surface area contributed by atoms with Crippen LogP contribution in [0.3, 0.4) is 0 Å². The second-order valence-electron chi connectivity index (χ2n) is 6.97. The minimum absolute atomic E-state index is 0.325. The van der Waals surface area contributed by atoms with Gasteiger partial charge in [0, 0.05) is 23.2 Å². The summed E-state index contributed by atoms with van der Waals surface area (Å²) in [5.74, 6) is 7.72. The van der Waals surface area contributed by atoms with Gasteiger partial charge in [-0.25, -0.2) is 4.52 Å². The number of aryl methyl sites for hydroxylation is 2. The summed E-state index contributed by atoms with van der Waals surface area (Å²) in [5.41, 5.74) is 7.29. The first kappa shape index (κ1) is 17.1. The average Bonchev–Trinajstić information content (AvgIpc) is 3.24. The SMILES string of the molecule is Cc1noc(C)c1-c1ccc(-c2cnn3cccc(C#CC(C)C)c23)cc1. The van der Waals surface area contributed by atoms with Crippen LogP contribution in [0, 0.1) is 31.6 Å². The average molecular weight is 355 g/mol. The highest BCUT2D eigenvalue weighted by molar-refractivity contribution is 5.85. The molecule has 4 aromatic rings. The van der Waals surface area contributed by atoms with Crippen molar-refractivity contribution < 1.29 is 4.52 Å². The van der Waals surface area contributed by atoms with Crippen LogP contribution >= 0.6 is 0 Å². The molecule has 0 amide bonds. The number of rotatable bonds is 2. The molecule has 0 radical (unpaired) electrons. The standard InChI is InChI=1S/C23H21N3O/c1-15(2)7-8-20-6-5-13-26-23(20)21(14-24-26)18-9-11-19(12-10-18)22-16(3)25-27-17(22)4/h5-6,9-15H,1-4H3. The summed E-state index contributed by atoms with van der Waals surface area (Å²) >= 11 is 0. The third-order valence-electron chi connectivity index (χ3n) is 4.55. The molecule has 27 heavy (non-hydrogen) atoms. The highest BCUT2D eigenvalue weighted by Gasteiger charge is 2.13.